The monoisotopic (exact) mass is 142 g/mol. The summed E-state index contributed by atoms with van der Waals surface area (Å²) in [5.41, 5.74) is 0. The summed E-state index contributed by atoms with van der Waals surface area (Å²) in [5.74, 6) is 0. The van der Waals surface area contributed by atoms with E-state index in [0.717, 1.165) is 13.0 Å². The van der Waals surface area contributed by atoms with Gasteiger partial charge in [-0.25, -0.2) is 0 Å². The van der Waals surface area contributed by atoms with Crippen LogP contribution in [0.3, 0.4) is 0 Å². The van der Waals surface area contributed by atoms with Crippen molar-refractivity contribution in [2.75, 3.05) is 13.1 Å². The quantitative estimate of drug-likeness (QED) is 0.538. The Kier molecular flexibility index (Phi) is 8.92. The predicted octanol–water partition coefficient (Wildman–Crippen LogP) is 2.38. The first-order valence-corrected chi connectivity index (χ1v) is 4.41. The van der Waals surface area contributed by atoms with Gasteiger partial charge in [0.2, 0.25) is 0 Å². The van der Waals surface area contributed by atoms with E-state index in [4.69, 9.17) is 0 Å². The summed E-state index contributed by atoms with van der Waals surface area (Å²) < 4.78 is 0. The van der Waals surface area contributed by atoms with Gasteiger partial charge in [-0.1, -0.05) is 39.5 Å². The molecule has 0 rings (SSSR count). The third-order valence-electron chi connectivity index (χ3n) is 1.60. The van der Waals surface area contributed by atoms with Gasteiger partial charge in [0.25, 0.3) is 0 Å². The van der Waals surface area contributed by atoms with Gasteiger partial charge in [-0.05, 0) is 19.5 Å². The minimum atomic E-state index is 1.10. The standard InChI is InChI=1S/C9H20N/c1-3-5-6-7-8-9-10-4-2/h10H,1,3-9H2,2H3. The molecule has 1 nitrogen and oxygen atoms in total. The molecule has 1 heteroatoms. The Balaban J connectivity index is 2.65. The summed E-state index contributed by atoms with van der Waals surface area (Å²) in [6.45, 7) is 8.25. The maximum Gasteiger partial charge on any atom is -0.00490 e. The molecule has 1 radical (unpaired) electrons. The fourth-order valence-electron chi connectivity index (χ4n) is 0.957. The van der Waals surface area contributed by atoms with E-state index < -0.39 is 0 Å². The van der Waals surface area contributed by atoms with E-state index in [0.29, 0.717) is 0 Å². The molecule has 0 amide bonds. The summed E-state index contributed by atoms with van der Waals surface area (Å²) in [6, 6.07) is 0. The second-order valence-electron chi connectivity index (χ2n) is 2.62. The van der Waals surface area contributed by atoms with Gasteiger partial charge in [0.05, 0.1) is 0 Å². The highest BCUT2D eigenvalue weighted by Crippen LogP contribution is 2.00. The van der Waals surface area contributed by atoms with Crippen LogP contribution in [0.5, 0.6) is 0 Å². The molecule has 0 unspecified atom stereocenters. The molecular weight excluding hydrogens is 122 g/mol. The molecule has 0 aliphatic carbocycles. The van der Waals surface area contributed by atoms with Crippen molar-refractivity contribution in [2.45, 2.75) is 39.0 Å². The largest absolute Gasteiger partial charge is 0.317 e. The number of nitrogens with one attached hydrogen (secondary N) is 1. The average molecular weight is 142 g/mol. The molecule has 0 aromatic rings. The fourth-order valence-corrected chi connectivity index (χ4v) is 0.957. The first-order chi connectivity index (χ1) is 4.91. The lowest BCUT2D eigenvalue weighted by Gasteiger charge is -1.99. The smallest absolute Gasteiger partial charge is 0.00490 e. The molecule has 10 heavy (non-hydrogen) atoms. The molecule has 0 aliphatic heterocycles. The molecule has 0 saturated carbocycles. The normalized spacial score (nSPS) is 10.2. The molecule has 0 fully saturated rings. The van der Waals surface area contributed by atoms with Gasteiger partial charge in [0.15, 0.2) is 0 Å². The molecular formula is C9H20N. The Morgan fingerprint density at radius 1 is 1.10 bits per heavy atom. The van der Waals surface area contributed by atoms with Gasteiger partial charge >= 0.3 is 0 Å². The SMILES string of the molecule is [CH2]CCCCCCNCC. The van der Waals surface area contributed by atoms with Crippen molar-refractivity contribution < 1.29 is 0 Å². The lowest BCUT2D eigenvalue weighted by Crippen LogP contribution is -2.13. The zero-order valence-corrected chi connectivity index (χ0v) is 7.16. The highest BCUT2D eigenvalue weighted by Gasteiger charge is 1.86. The Labute approximate surface area is 65.2 Å². The van der Waals surface area contributed by atoms with Gasteiger partial charge in [-0.3, -0.25) is 0 Å². The lowest BCUT2D eigenvalue weighted by molar-refractivity contribution is 0.600. The molecule has 0 spiro atoms. The van der Waals surface area contributed by atoms with Crippen LogP contribution in [0.15, 0.2) is 0 Å². The zero-order chi connectivity index (χ0) is 7.66. The second-order valence-corrected chi connectivity index (χ2v) is 2.62. The van der Waals surface area contributed by atoms with Gasteiger partial charge in [0, 0.05) is 0 Å². The van der Waals surface area contributed by atoms with E-state index >= 15 is 0 Å². The first-order valence-electron chi connectivity index (χ1n) is 4.41. The van der Waals surface area contributed by atoms with Crippen LogP contribution in [0, 0.1) is 6.92 Å². The number of rotatable bonds is 7. The third-order valence-corrected chi connectivity index (χ3v) is 1.60. The number of unbranched alkanes of at least 4 members (excludes halogenated alkanes) is 4. The van der Waals surface area contributed by atoms with Crippen LogP contribution < -0.4 is 5.32 Å². The van der Waals surface area contributed by atoms with Crippen LogP contribution in [-0.4, -0.2) is 13.1 Å². The van der Waals surface area contributed by atoms with Gasteiger partial charge in [-0.15, -0.1) is 0 Å². The fraction of sp³-hybridized carbons (Fsp3) is 0.889. The summed E-state index contributed by atoms with van der Waals surface area (Å²) in [5, 5.41) is 3.31. The van der Waals surface area contributed by atoms with Crippen LogP contribution in [-0.2, 0) is 0 Å². The van der Waals surface area contributed by atoms with Crippen molar-refractivity contribution in [3.05, 3.63) is 6.92 Å². The third kappa shape index (κ3) is 7.96. The van der Waals surface area contributed by atoms with Crippen molar-refractivity contribution >= 4 is 0 Å². The zero-order valence-electron chi connectivity index (χ0n) is 7.16. The lowest BCUT2D eigenvalue weighted by atomic mass is 10.1. The van der Waals surface area contributed by atoms with Gasteiger partial charge in [0.1, 0.15) is 0 Å². The van der Waals surface area contributed by atoms with E-state index in [1.165, 1.54) is 32.2 Å². The van der Waals surface area contributed by atoms with E-state index in [1.807, 2.05) is 0 Å². The van der Waals surface area contributed by atoms with Crippen molar-refractivity contribution in [1.82, 2.24) is 5.32 Å². The summed E-state index contributed by atoms with van der Waals surface area (Å²) in [4.78, 5) is 0. The number of hydrogen-bond donors (Lipinski definition) is 1. The van der Waals surface area contributed by atoms with Crippen molar-refractivity contribution in [2.24, 2.45) is 0 Å². The Hall–Kier alpha value is -0.0400. The molecule has 0 aromatic carbocycles. The van der Waals surface area contributed by atoms with Crippen molar-refractivity contribution in [3.8, 4) is 0 Å². The molecule has 61 valence electrons. The van der Waals surface area contributed by atoms with E-state index in [9.17, 15) is 0 Å². The maximum atomic E-state index is 3.80. The minimum Gasteiger partial charge on any atom is -0.317 e. The number of hydrogen-bond acceptors (Lipinski definition) is 1. The van der Waals surface area contributed by atoms with Crippen molar-refractivity contribution in [3.63, 3.8) is 0 Å². The van der Waals surface area contributed by atoms with E-state index in [1.54, 1.807) is 0 Å². The summed E-state index contributed by atoms with van der Waals surface area (Å²) in [6.07, 6.45) is 6.44. The van der Waals surface area contributed by atoms with Gasteiger partial charge < -0.3 is 5.32 Å². The Bertz CT molecular complexity index is 44.7. The molecule has 0 aliphatic rings. The van der Waals surface area contributed by atoms with Crippen LogP contribution in [0.2, 0.25) is 0 Å². The topological polar surface area (TPSA) is 12.0 Å². The van der Waals surface area contributed by atoms with Crippen LogP contribution in [0.1, 0.15) is 39.0 Å². The molecule has 1 N–H and O–H groups in total. The Morgan fingerprint density at radius 2 is 1.80 bits per heavy atom. The highest BCUT2D eigenvalue weighted by atomic mass is 14.8. The molecule has 0 heterocycles. The second kappa shape index (κ2) is 8.96. The summed E-state index contributed by atoms with van der Waals surface area (Å²) >= 11 is 0. The maximum absolute atomic E-state index is 3.80. The minimum absolute atomic E-state index is 1.10. The highest BCUT2D eigenvalue weighted by molar-refractivity contribution is 4.47. The molecule has 0 saturated heterocycles. The molecule has 0 bridgehead atoms. The molecule has 0 aromatic heterocycles. The van der Waals surface area contributed by atoms with E-state index in [-0.39, 0.29) is 0 Å². The molecule has 0 atom stereocenters. The van der Waals surface area contributed by atoms with E-state index in [2.05, 4.69) is 19.2 Å². The predicted molar refractivity (Wildman–Crippen MR) is 47.0 cm³/mol. The van der Waals surface area contributed by atoms with Crippen LogP contribution in [0.25, 0.3) is 0 Å². The average Bonchev–Trinajstić information content (AvgIpc) is 1.97. The van der Waals surface area contributed by atoms with Crippen molar-refractivity contribution in [1.29, 1.82) is 0 Å². The first kappa shape index (κ1) is 9.96. The van der Waals surface area contributed by atoms with Crippen LogP contribution >= 0.6 is 0 Å². The Morgan fingerprint density at radius 3 is 2.40 bits per heavy atom. The van der Waals surface area contributed by atoms with Crippen LogP contribution in [0.4, 0.5) is 0 Å². The summed E-state index contributed by atoms with van der Waals surface area (Å²) in [7, 11) is 0. The van der Waals surface area contributed by atoms with Gasteiger partial charge in [-0.2, -0.15) is 0 Å².